The van der Waals surface area contributed by atoms with Crippen LogP contribution < -0.4 is 9.64 Å². The monoisotopic (exact) mass is 272 g/mol. The van der Waals surface area contributed by atoms with Gasteiger partial charge in [0.25, 0.3) is 0 Å². The fraction of sp³-hybridized carbons (Fsp3) is 0.529. The van der Waals surface area contributed by atoms with E-state index >= 15 is 0 Å². The second kappa shape index (κ2) is 7.21. The van der Waals surface area contributed by atoms with E-state index in [0.29, 0.717) is 6.04 Å². The molecule has 1 unspecified atom stereocenters. The Bertz CT molecular complexity index is 472. The summed E-state index contributed by atoms with van der Waals surface area (Å²) in [5.41, 5.74) is 1.27. The van der Waals surface area contributed by atoms with Crippen LogP contribution in [0.3, 0.4) is 0 Å². The van der Waals surface area contributed by atoms with Gasteiger partial charge in [0.05, 0.1) is 13.7 Å². The maximum Gasteiger partial charge on any atom is 0.119 e. The van der Waals surface area contributed by atoms with E-state index < -0.39 is 0 Å². The second-order valence-electron chi connectivity index (χ2n) is 5.17. The molecule has 0 aromatic heterocycles. The van der Waals surface area contributed by atoms with Crippen LogP contribution in [0.15, 0.2) is 24.3 Å². The number of piperazine rings is 1. The van der Waals surface area contributed by atoms with E-state index in [0.717, 1.165) is 38.3 Å². The van der Waals surface area contributed by atoms with Crippen molar-refractivity contribution in [2.45, 2.75) is 26.3 Å². The van der Waals surface area contributed by atoms with Crippen LogP contribution in [0.1, 0.15) is 20.3 Å². The van der Waals surface area contributed by atoms with Gasteiger partial charge in [-0.25, -0.2) is 0 Å². The molecule has 0 N–H and O–H groups in total. The lowest BCUT2D eigenvalue weighted by atomic mass is 10.1. The third-order valence-corrected chi connectivity index (χ3v) is 3.79. The first-order valence-corrected chi connectivity index (χ1v) is 7.33. The quantitative estimate of drug-likeness (QED) is 0.787. The number of hydrogen-bond donors (Lipinski definition) is 0. The molecule has 0 bridgehead atoms. The highest BCUT2D eigenvalue weighted by Crippen LogP contribution is 2.22. The fourth-order valence-electron chi connectivity index (χ4n) is 2.54. The molecule has 1 aromatic carbocycles. The van der Waals surface area contributed by atoms with Crippen LogP contribution in [0.2, 0.25) is 0 Å². The van der Waals surface area contributed by atoms with Crippen molar-refractivity contribution in [3.63, 3.8) is 0 Å². The molecule has 3 nitrogen and oxygen atoms in total. The Morgan fingerprint density at radius 3 is 2.55 bits per heavy atom. The van der Waals surface area contributed by atoms with Crippen LogP contribution in [-0.4, -0.2) is 44.2 Å². The summed E-state index contributed by atoms with van der Waals surface area (Å²) in [4.78, 5) is 4.90. The van der Waals surface area contributed by atoms with Crippen LogP contribution >= 0.6 is 0 Å². The SMILES string of the molecule is CCC#CCN1CCN(c2ccc(OC)cc2)CC1C. The van der Waals surface area contributed by atoms with Crippen molar-refractivity contribution in [1.29, 1.82) is 0 Å². The molecule has 1 fully saturated rings. The van der Waals surface area contributed by atoms with E-state index in [-0.39, 0.29) is 0 Å². The molecular formula is C17H24N2O. The lowest BCUT2D eigenvalue weighted by Crippen LogP contribution is -2.52. The summed E-state index contributed by atoms with van der Waals surface area (Å²) >= 11 is 0. The van der Waals surface area contributed by atoms with E-state index in [9.17, 15) is 0 Å². The molecule has 1 aromatic rings. The molecule has 0 radical (unpaired) electrons. The minimum Gasteiger partial charge on any atom is -0.497 e. The number of anilines is 1. The Balaban J connectivity index is 1.93. The summed E-state index contributed by atoms with van der Waals surface area (Å²) in [6, 6.07) is 8.87. The third-order valence-electron chi connectivity index (χ3n) is 3.79. The van der Waals surface area contributed by atoms with Gasteiger partial charge in [-0.15, -0.1) is 5.92 Å². The molecule has 1 aliphatic heterocycles. The van der Waals surface area contributed by atoms with Crippen molar-refractivity contribution in [3.8, 4) is 17.6 Å². The van der Waals surface area contributed by atoms with Crippen molar-refractivity contribution in [2.75, 3.05) is 38.2 Å². The minimum atomic E-state index is 0.539. The zero-order chi connectivity index (χ0) is 14.4. The number of benzene rings is 1. The van der Waals surface area contributed by atoms with Gasteiger partial charge < -0.3 is 9.64 Å². The van der Waals surface area contributed by atoms with Crippen molar-refractivity contribution in [2.24, 2.45) is 0 Å². The van der Waals surface area contributed by atoms with Crippen LogP contribution in [0, 0.1) is 11.8 Å². The predicted molar refractivity (Wildman–Crippen MR) is 84.3 cm³/mol. The normalized spacial score (nSPS) is 19.4. The Morgan fingerprint density at radius 2 is 1.95 bits per heavy atom. The van der Waals surface area contributed by atoms with E-state index in [1.807, 2.05) is 12.1 Å². The zero-order valence-electron chi connectivity index (χ0n) is 12.7. The van der Waals surface area contributed by atoms with Gasteiger partial charge >= 0.3 is 0 Å². The molecular weight excluding hydrogens is 248 g/mol. The highest BCUT2D eigenvalue weighted by molar-refractivity contribution is 5.49. The summed E-state index contributed by atoms with van der Waals surface area (Å²) in [7, 11) is 1.70. The van der Waals surface area contributed by atoms with Gasteiger partial charge in [0.15, 0.2) is 0 Å². The highest BCUT2D eigenvalue weighted by atomic mass is 16.5. The first kappa shape index (κ1) is 14.7. The number of hydrogen-bond acceptors (Lipinski definition) is 3. The topological polar surface area (TPSA) is 15.7 Å². The van der Waals surface area contributed by atoms with Crippen LogP contribution in [-0.2, 0) is 0 Å². The second-order valence-corrected chi connectivity index (χ2v) is 5.17. The number of ether oxygens (including phenoxy) is 1. The van der Waals surface area contributed by atoms with E-state index in [4.69, 9.17) is 4.74 Å². The Hall–Kier alpha value is -1.66. The largest absolute Gasteiger partial charge is 0.497 e. The zero-order valence-corrected chi connectivity index (χ0v) is 12.7. The van der Waals surface area contributed by atoms with Gasteiger partial charge in [-0.3, -0.25) is 4.90 Å². The summed E-state index contributed by atoms with van der Waals surface area (Å²) in [6.45, 7) is 8.46. The fourth-order valence-corrected chi connectivity index (χ4v) is 2.54. The maximum atomic E-state index is 5.21. The van der Waals surface area contributed by atoms with Crippen LogP contribution in [0.4, 0.5) is 5.69 Å². The van der Waals surface area contributed by atoms with Crippen molar-refractivity contribution in [3.05, 3.63) is 24.3 Å². The Labute approximate surface area is 122 Å². The standard InChI is InChI=1S/C17H24N2O/c1-4-5-6-11-18-12-13-19(14-15(18)2)16-7-9-17(20-3)10-8-16/h7-10,15H,4,11-14H2,1-3H3. The molecule has 108 valence electrons. The minimum absolute atomic E-state index is 0.539. The van der Waals surface area contributed by atoms with Gasteiger partial charge in [-0.05, 0) is 31.2 Å². The average Bonchev–Trinajstić information content (AvgIpc) is 2.49. The summed E-state index contributed by atoms with van der Waals surface area (Å²) in [6.07, 6.45) is 0.945. The molecule has 2 rings (SSSR count). The smallest absolute Gasteiger partial charge is 0.119 e. The lowest BCUT2D eigenvalue weighted by molar-refractivity contribution is 0.213. The van der Waals surface area contributed by atoms with Gasteiger partial charge in [-0.2, -0.15) is 0 Å². The highest BCUT2D eigenvalue weighted by Gasteiger charge is 2.22. The maximum absolute atomic E-state index is 5.21. The number of nitrogens with zero attached hydrogens (tertiary/aromatic N) is 2. The number of rotatable bonds is 3. The third kappa shape index (κ3) is 3.68. The van der Waals surface area contributed by atoms with Gasteiger partial charge in [0.1, 0.15) is 5.75 Å². The lowest BCUT2D eigenvalue weighted by Gasteiger charge is -2.40. The summed E-state index contributed by atoms with van der Waals surface area (Å²) in [5, 5.41) is 0. The Kier molecular flexibility index (Phi) is 5.31. The van der Waals surface area contributed by atoms with Gasteiger partial charge in [-0.1, -0.05) is 12.8 Å². The molecule has 1 aliphatic rings. The first-order chi connectivity index (χ1) is 9.74. The average molecular weight is 272 g/mol. The molecule has 0 aliphatic carbocycles. The summed E-state index contributed by atoms with van der Waals surface area (Å²) < 4.78 is 5.21. The van der Waals surface area contributed by atoms with Crippen LogP contribution in [0.25, 0.3) is 0 Å². The molecule has 1 saturated heterocycles. The molecule has 0 amide bonds. The molecule has 20 heavy (non-hydrogen) atoms. The van der Waals surface area contributed by atoms with Crippen molar-refractivity contribution in [1.82, 2.24) is 4.90 Å². The van der Waals surface area contributed by atoms with E-state index in [2.05, 4.69) is 47.6 Å². The van der Waals surface area contributed by atoms with Gasteiger partial charge in [0, 0.05) is 37.8 Å². The molecule has 1 atom stereocenters. The molecule has 3 heteroatoms. The predicted octanol–water partition coefficient (Wildman–Crippen LogP) is 2.62. The molecule has 0 spiro atoms. The van der Waals surface area contributed by atoms with Crippen molar-refractivity contribution >= 4 is 5.69 Å². The van der Waals surface area contributed by atoms with Crippen LogP contribution in [0.5, 0.6) is 5.75 Å². The van der Waals surface area contributed by atoms with Crippen molar-refractivity contribution < 1.29 is 4.74 Å². The molecule has 1 heterocycles. The van der Waals surface area contributed by atoms with E-state index in [1.54, 1.807) is 7.11 Å². The Morgan fingerprint density at radius 1 is 1.20 bits per heavy atom. The summed E-state index contributed by atoms with van der Waals surface area (Å²) in [5.74, 6) is 7.31. The van der Waals surface area contributed by atoms with Gasteiger partial charge in [0.2, 0.25) is 0 Å². The first-order valence-electron chi connectivity index (χ1n) is 7.33. The van der Waals surface area contributed by atoms with E-state index in [1.165, 1.54) is 5.69 Å². The number of methoxy groups -OCH3 is 1. The molecule has 0 saturated carbocycles.